The number of hydrogen-bond acceptors (Lipinski definition) is 7. The maximum absolute atomic E-state index is 10.6. The van der Waals surface area contributed by atoms with Crippen LogP contribution in [0.15, 0.2) is 64.4 Å². The SMILES string of the molecule is COc1cc(/C=N/n2cnc3oc(-c4ccccc4)cc3c2=N)cc(CN2CCCC2)c1O. The molecule has 0 bridgehead atoms. The lowest BCUT2D eigenvalue weighted by atomic mass is 10.1. The van der Waals surface area contributed by atoms with Crippen molar-refractivity contribution in [2.24, 2.45) is 5.10 Å². The smallest absolute Gasteiger partial charge is 0.231 e. The van der Waals surface area contributed by atoms with Crippen molar-refractivity contribution in [2.45, 2.75) is 19.4 Å². The third kappa shape index (κ3) is 4.25. The van der Waals surface area contributed by atoms with Crippen molar-refractivity contribution in [3.8, 4) is 22.8 Å². The minimum absolute atomic E-state index is 0.158. The Labute approximate surface area is 190 Å². The summed E-state index contributed by atoms with van der Waals surface area (Å²) < 4.78 is 12.6. The number of nitrogens with one attached hydrogen (secondary N) is 1. The van der Waals surface area contributed by atoms with Crippen LogP contribution in [0, 0.1) is 5.41 Å². The molecule has 0 aliphatic carbocycles. The second-order valence-corrected chi connectivity index (χ2v) is 8.09. The first-order valence-electron chi connectivity index (χ1n) is 10.9. The quantitative estimate of drug-likeness (QED) is 0.439. The lowest BCUT2D eigenvalue weighted by Crippen LogP contribution is -2.18. The van der Waals surface area contributed by atoms with Gasteiger partial charge in [0.2, 0.25) is 5.71 Å². The number of phenolic OH excluding ortho intramolecular Hbond substituents is 1. The van der Waals surface area contributed by atoms with Gasteiger partial charge in [0, 0.05) is 17.7 Å². The highest BCUT2D eigenvalue weighted by molar-refractivity contribution is 5.82. The minimum Gasteiger partial charge on any atom is -0.504 e. The van der Waals surface area contributed by atoms with Crippen LogP contribution in [0.4, 0.5) is 0 Å². The fourth-order valence-corrected chi connectivity index (χ4v) is 4.12. The Hall–Kier alpha value is -3.91. The summed E-state index contributed by atoms with van der Waals surface area (Å²) in [5, 5.41) is 24.1. The zero-order valence-corrected chi connectivity index (χ0v) is 18.4. The molecule has 1 aliphatic heterocycles. The Morgan fingerprint density at radius 2 is 1.97 bits per heavy atom. The van der Waals surface area contributed by atoms with Gasteiger partial charge < -0.3 is 14.3 Å². The molecule has 1 saturated heterocycles. The summed E-state index contributed by atoms with van der Waals surface area (Å²) in [6, 6.07) is 15.2. The van der Waals surface area contributed by atoms with Crippen LogP contribution in [-0.2, 0) is 6.54 Å². The predicted octanol–water partition coefficient (Wildman–Crippen LogP) is 3.97. The first-order valence-corrected chi connectivity index (χ1v) is 10.9. The fourth-order valence-electron chi connectivity index (χ4n) is 4.12. The molecule has 2 aromatic carbocycles. The minimum atomic E-state index is 0.158. The molecule has 2 aromatic heterocycles. The Kier molecular flexibility index (Phi) is 5.66. The van der Waals surface area contributed by atoms with Gasteiger partial charge in [0.25, 0.3) is 0 Å². The number of phenols is 1. The molecular formula is C25H25N5O3. The van der Waals surface area contributed by atoms with E-state index < -0.39 is 0 Å². The van der Waals surface area contributed by atoms with Crippen LogP contribution in [-0.4, -0.2) is 46.1 Å². The standard InChI is InChI=1S/C25H25N5O3/c1-32-22-12-17(11-19(23(22)31)15-29-9-5-6-10-29)14-28-30-16-27-25-20(24(30)26)13-21(33-25)18-7-3-2-4-8-18/h2-4,7-8,11-14,16,26,31H,5-6,9-10,15H2,1H3/b26-24?,28-14+. The Morgan fingerprint density at radius 1 is 1.18 bits per heavy atom. The predicted molar refractivity (Wildman–Crippen MR) is 125 cm³/mol. The van der Waals surface area contributed by atoms with E-state index in [2.05, 4.69) is 15.0 Å². The maximum atomic E-state index is 10.6. The molecule has 2 N–H and O–H groups in total. The van der Waals surface area contributed by atoms with Crippen LogP contribution in [0.25, 0.3) is 22.4 Å². The Morgan fingerprint density at radius 3 is 2.73 bits per heavy atom. The third-order valence-electron chi connectivity index (χ3n) is 5.86. The number of rotatable bonds is 6. The molecule has 0 unspecified atom stereocenters. The average Bonchev–Trinajstić information content (AvgIpc) is 3.51. The molecular weight excluding hydrogens is 418 g/mol. The van der Waals surface area contributed by atoms with Gasteiger partial charge in [-0.3, -0.25) is 10.3 Å². The summed E-state index contributed by atoms with van der Waals surface area (Å²) in [7, 11) is 1.54. The zero-order valence-electron chi connectivity index (χ0n) is 18.4. The van der Waals surface area contributed by atoms with Crippen molar-refractivity contribution in [1.29, 1.82) is 5.41 Å². The van der Waals surface area contributed by atoms with E-state index in [1.807, 2.05) is 42.5 Å². The van der Waals surface area contributed by atoms with Gasteiger partial charge in [-0.2, -0.15) is 5.10 Å². The number of aromatic nitrogens is 2. The Bertz CT molecular complexity index is 1370. The van der Waals surface area contributed by atoms with Gasteiger partial charge in [-0.25, -0.2) is 9.66 Å². The molecule has 3 heterocycles. The van der Waals surface area contributed by atoms with Crippen LogP contribution >= 0.6 is 0 Å². The maximum Gasteiger partial charge on any atom is 0.231 e. The van der Waals surface area contributed by atoms with Crippen LogP contribution in [0.5, 0.6) is 11.5 Å². The van der Waals surface area contributed by atoms with E-state index >= 15 is 0 Å². The van der Waals surface area contributed by atoms with E-state index in [9.17, 15) is 5.11 Å². The lowest BCUT2D eigenvalue weighted by molar-refractivity contribution is 0.317. The van der Waals surface area contributed by atoms with Gasteiger partial charge in [-0.05, 0) is 49.7 Å². The molecule has 33 heavy (non-hydrogen) atoms. The van der Waals surface area contributed by atoms with Crippen molar-refractivity contribution in [1.82, 2.24) is 14.6 Å². The van der Waals surface area contributed by atoms with Gasteiger partial charge in [-0.15, -0.1) is 0 Å². The van der Waals surface area contributed by atoms with Gasteiger partial charge >= 0.3 is 0 Å². The number of methoxy groups -OCH3 is 1. The first kappa shape index (κ1) is 21.0. The second-order valence-electron chi connectivity index (χ2n) is 8.09. The summed E-state index contributed by atoms with van der Waals surface area (Å²) in [5.41, 5.74) is 3.05. The summed E-state index contributed by atoms with van der Waals surface area (Å²) in [5.74, 6) is 1.22. The van der Waals surface area contributed by atoms with Crippen molar-refractivity contribution in [3.05, 3.63) is 71.5 Å². The van der Waals surface area contributed by atoms with Crippen LogP contribution < -0.4 is 10.2 Å². The van der Waals surface area contributed by atoms with Crippen molar-refractivity contribution in [2.75, 3.05) is 20.2 Å². The van der Waals surface area contributed by atoms with E-state index in [4.69, 9.17) is 14.6 Å². The molecule has 1 aliphatic rings. The van der Waals surface area contributed by atoms with Crippen LogP contribution in [0.2, 0.25) is 0 Å². The highest BCUT2D eigenvalue weighted by Gasteiger charge is 2.17. The van der Waals surface area contributed by atoms with Crippen LogP contribution in [0.3, 0.4) is 0 Å². The highest BCUT2D eigenvalue weighted by Crippen LogP contribution is 2.32. The molecule has 168 valence electrons. The number of furan rings is 1. The van der Waals surface area contributed by atoms with Gasteiger partial charge in [0.05, 0.1) is 18.7 Å². The zero-order chi connectivity index (χ0) is 22.8. The number of benzene rings is 2. The number of aromatic hydroxyl groups is 1. The monoisotopic (exact) mass is 443 g/mol. The molecule has 1 fully saturated rings. The first-order chi connectivity index (χ1) is 16.1. The van der Waals surface area contributed by atoms with Crippen molar-refractivity contribution >= 4 is 17.3 Å². The fraction of sp³-hybridized carbons (Fsp3) is 0.240. The van der Waals surface area contributed by atoms with Gasteiger partial charge in [0.1, 0.15) is 12.1 Å². The summed E-state index contributed by atoms with van der Waals surface area (Å²) >= 11 is 0. The average molecular weight is 444 g/mol. The summed E-state index contributed by atoms with van der Waals surface area (Å²) in [6.07, 6.45) is 5.45. The lowest BCUT2D eigenvalue weighted by Gasteiger charge is -2.17. The number of fused-ring (bicyclic) bond motifs is 1. The van der Waals surface area contributed by atoms with E-state index in [1.165, 1.54) is 31.0 Å². The molecule has 0 saturated carbocycles. The third-order valence-corrected chi connectivity index (χ3v) is 5.86. The Balaban J connectivity index is 1.46. The molecule has 0 spiro atoms. The van der Waals surface area contributed by atoms with Crippen molar-refractivity contribution in [3.63, 3.8) is 0 Å². The normalized spacial score (nSPS) is 14.5. The molecule has 0 radical (unpaired) electrons. The number of ether oxygens (including phenoxy) is 1. The molecule has 0 amide bonds. The molecule has 5 rings (SSSR count). The molecule has 0 atom stereocenters. The number of hydrogen-bond donors (Lipinski definition) is 2. The molecule has 8 heteroatoms. The summed E-state index contributed by atoms with van der Waals surface area (Å²) in [6.45, 7) is 2.71. The van der Waals surface area contributed by atoms with E-state index in [-0.39, 0.29) is 11.2 Å². The van der Waals surface area contributed by atoms with Crippen molar-refractivity contribution < 1.29 is 14.3 Å². The second kappa shape index (κ2) is 8.91. The largest absolute Gasteiger partial charge is 0.504 e. The van der Waals surface area contributed by atoms with E-state index in [0.29, 0.717) is 29.2 Å². The number of likely N-dealkylation sites (tertiary alicyclic amines) is 1. The number of nitrogens with zero attached hydrogens (tertiary/aromatic N) is 4. The summed E-state index contributed by atoms with van der Waals surface area (Å²) in [4.78, 5) is 6.64. The molecule has 4 aromatic rings. The van der Waals surface area contributed by atoms with E-state index in [1.54, 1.807) is 12.3 Å². The topological polar surface area (TPSA) is 99.9 Å². The van der Waals surface area contributed by atoms with Crippen LogP contribution in [0.1, 0.15) is 24.0 Å². The van der Waals surface area contributed by atoms with Gasteiger partial charge in [0.15, 0.2) is 17.0 Å². The van der Waals surface area contributed by atoms with E-state index in [0.717, 1.165) is 29.8 Å². The highest BCUT2D eigenvalue weighted by atomic mass is 16.5. The van der Waals surface area contributed by atoms with Gasteiger partial charge in [-0.1, -0.05) is 30.3 Å². The molecule has 8 nitrogen and oxygen atoms in total.